The third-order valence-electron chi connectivity index (χ3n) is 2.35. The van der Waals surface area contributed by atoms with E-state index in [1.165, 1.54) is 5.56 Å². The van der Waals surface area contributed by atoms with Crippen LogP contribution < -0.4 is 0 Å². The Morgan fingerprint density at radius 3 is 2.41 bits per heavy atom. The van der Waals surface area contributed by atoms with Gasteiger partial charge in [0, 0.05) is 10.8 Å². The Bertz CT molecular complexity index is 514. The van der Waals surface area contributed by atoms with Gasteiger partial charge in [0.2, 0.25) is 5.16 Å². The number of halogens is 1. The van der Waals surface area contributed by atoms with Crippen molar-refractivity contribution in [1.82, 2.24) is 15.2 Å². The van der Waals surface area contributed by atoms with Gasteiger partial charge in [0.15, 0.2) is 0 Å². The van der Waals surface area contributed by atoms with Crippen molar-refractivity contribution in [3.8, 4) is 0 Å². The molecule has 1 aromatic heterocycles. The minimum Gasteiger partial charge on any atom is -0.225 e. The lowest BCUT2D eigenvalue weighted by Crippen LogP contribution is -1.97. The number of hydrogen-bond donors (Lipinski definition) is 0. The molecule has 88 valence electrons. The van der Waals surface area contributed by atoms with E-state index in [-0.39, 0.29) is 0 Å². The van der Waals surface area contributed by atoms with Gasteiger partial charge in [-0.3, -0.25) is 0 Å². The summed E-state index contributed by atoms with van der Waals surface area (Å²) in [6, 6.07) is 7.78. The van der Waals surface area contributed by atoms with Crippen molar-refractivity contribution in [2.24, 2.45) is 0 Å². The van der Waals surface area contributed by atoms with E-state index >= 15 is 0 Å². The minimum atomic E-state index is 0.711. The topological polar surface area (TPSA) is 38.7 Å². The van der Waals surface area contributed by atoms with Crippen LogP contribution in [0.5, 0.6) is 0 Å². The molecular formula is C12H12ClN3S. The van der Waals surface area contributed by atoms with E-state index in [1.54, 1.807) is 11.8 Å². The molecule has 17 heavy (non-hydrogen) atoms. The van der Waals surface area contributed by atoms with E-state index < -0.39 is 0 Å². The summed E-state index contributed by atoms with van der Waals surface area (Å²) in [7, 11) is 0. The van der Waals surface area contributed by atoms with Crippen molar-refractivity contribution in [3.05, 3.63) is 46.2 Å². The molecule has 2 rings (SSSR count). The van der Waals surface area contributed by atoms with E-state index in [4.69, 9.17) is 11.6 Å². The Balaban J connectivity index is 2.02. The Hall–Kier alpha value is -1.13. The summed E-state index contributed by atoms with van der Waals surface area (Å²) in [4.78, 5) is 4.37. The molecule has 0 aliphatic rings. The average molecular weight is 266 g/mol. The maximum Gasteiger partial charge on any atom is 0.209 e. The van der Waals surface area contributed by atoms with Gasteiger partial charge in [-0.05, 0) is 31.5 Å². The molecule has 2 aromatic rings. The zero-order chi connectivity index (χ0) is 12.3. The highest BCUT2D eigenvalue weighted by atomic mass is 35.5. The highest BCUT2D eigenvalue weighted by molar-refractivity contribution is 7.98. The molecule has 0 spiro atoms. The SMILES string of the molecule is Cc1nnc(SCc2ccc(Cl)cc2)nc1C. The number of hydrogen-bond acceptors (Lipinski definition) is 4. The van der Waals surface area contributed by atoms with Gasteiger partial charge >= 0.3 is 0 Å². The van der Waals surface area contributed by atoms with Crippen LogP contribution >= 0.6 is 23.4 Å². The predicted molar refractivity (Wildman–Crippen MR) is 70.3 cm³/mol. The molecule has 3 nitrogen and oxygen atoms in total. The fraction of sp³-hybridized carbons (Fsp3) is 0.250. The normalized spacial score (nSPS) is 10.5. The molecule has 1 aromatic carbocycles. The van der Waals surface area contributed by atoms with E-state index in [0.717, 1.165) is 22.2 Å². The molecule has 0 N–H and O–H groups in total. The lowest BCUT2D eigenvalue weighted by atomic mass is 10.2. The zero-order valence-corrected chi connectivity index (χ0v) is 11.2. The van der Waals surface area contributed by atoms with Crippen molar-refractivity contribution in [3.63, 3.8) is 0 Å². The molecule has 5 heteroatoms. The third kappa shape index (κ3) is 3.41. The molecule has 0 radical (unpaired) electrons. The van der Waals surface area contributed by atoms with Gasteiger partial charge < -0.3 is 0 Å². The summed E-state index contributed by atoms with van der Waals surface area (Å²) in [5, 5.41) is 9.56. The second-order valence-corrected chi connectivity index (χ2v) is 5.06. The van der Waals surface area contributed by atoms with Gasteiger partial charge in [-0.15, -0.1) is 5.10 Å². The Morgan fingerprint density at radius 2 is 1.76 bits per heavy atom. The van der Waals surface area contributed by atoms with E-state index in [0.29, 0.717) is 5.16 Å². The third-order valence-corrected chi connectivity index (χ3v) is 3.51. The Kier molecular flexibility index (Phi) is 3.97. The predicted octanol–water partition coefficient (Wildman–Crippen LogP) is 3.43. The molecule has 0 bridgehead atoms. The minimum absolute atomic E-state index is 0.711. The van der Waals surface area contributed by atoms with Gasteiger partial charge in [-0.1, -0.05) is 35.5 Å². The van der Waals surface area contributed by atoms with Crippen LogP contribution in [0.2, 0.25) is 5.02 Å². The van der Waals surface area contributed by atoms with Gasteiger partial charge in [-0.25, -0.2) is 4.98 Å². The van der Waals surface area contributed by atoms with Crippen LogP contribution in [0.15, 0.2) is 29.4 Å². The molecule has 0 atom stereocenters. The number of thioether (sulfide) groups is 1. The smallest absolute Gasteiger partial charge is 0.209 e. The highest BCUT2D eigenvalue weighted by Crippen LogP contribution is 2.20. The Labute approximate surface area is 110 Å². The van der Waals surface area contributed by atoms with Crippen molar-refractivity contribution in [1.29, 1.82) is 0 Å². The van der Waals surface area contributed by atoms with Crippen LogP contribution in [0, 0.1) is 13.8 Å². The maximum atomic E-state index is 5.83. The summed E-state index contributed by atoms with van der Waals surface area (Å²) in [6.07, 6.45) is 0. The monoisotopic (exact) mass is 265 g/mol. The van der Waals surface area contributed by atoms with Crippen LogP contribution in [0.3, 0.4) is 0 Å². The first-order valence-electron chi connectivity index (χ1n) is 5.20. The lowest BCUT2D eigenvalue weighted by Gasteiger charge is -2.02. The van der Waals surface area contributed by atoms with Gasteiger partial charge in [-0.2, -0.15) is 5.10 Å². The number of aromatic nitrogens is 3. The number of benzene rings is 1. The summed E-state index contributed by atoms with van der Waals surface area (Å²) in [5.74, 6) is 0.821. The van der Waals surface area contributed by atoms with Crippen LogP contribution in [0.4, 0.5) is 0 Å². The zero-order valence-electron chi connectivity index (χ0n) is 9.64. The number of nitrogens with zero attached hydrogens (tertiary/aromatic N) is 3. The van der Waals surface area contributed by atoms with Gasteiger partial charge in [0.25, 0.3) is 0 Å². The summed E-state index contributed by atoms with van der Waals surface area (Å²) in [6.45, 7) is 3.85. The largest absolute Gasteiger partial charge is 0.225 e. The van der Waals surface area contributed by atoms with Crippen LogP contribution in [-0.4, -0.2) is 15.2 Å². The average Bonchev–Trinajstić information content (AvgIpc) is 2.33. The van der Waals surface area contributed by atoms with Crippen LogP contribution in [0.1, 0.15) is 17.0 Å². The fourth-order valence-corrected chi connectivity index (χ4v) is 2.14. The molecule has 1 heterocycles. The van der Waals surface area contributed by atoms with E-state index in [1.807, 2.05) is 38.1 Å². The molecule has 0 saturated heterocycles. The molecular weight excluding hydrogens is 254 g/mol. The first kappa shape index (κ1) is 12.3. The maximum absolute atomic E-state index is 5.83. The number of aryl methyl sites for hydroxylation is 2. The van der Waals surface area contributed by atoms with Crippen LogP contribution in [0.25, 0.3) is 0 Å². The van der Waals surface area contributed by atoms with Crippen molar-refractivity contribution < 1.29 is 0 Å². The lowest BCUT2D eigenvalue weighted by molar-refractivity contribution is 0.789. The molecule has 0 aliphatic heterocycles. The molecule has 0 amide bonds. The molecule has 0 aliphatic carbocycles. The summed E-state index contributed by atoms with van der Waals surface area (Å²) in [5.41, 5.74) is 3.00. The molecule has 0 fully saturated rings. The van der Waals surface area contributed by atoms with Gasteiger partial charge in [0.1, 0.15) is 0 Å². The second kappa shape index (κ2) is 5.47. The molecule has 0 unspecified atom stereocenters. The first-order valence-corrected chi connectivity index (χ1v) is 6.56. The summed E-state index contributed by atoms with van der Waals surface area (Å²) >= 11 is 7.40. The van der Waals surface area contributed by atoms with Crippen LogP contribution in [-0.2, 0) is 5.75 Å². The van der Waals surface area contributed by atoms with Gasteiger partial charge in [0.05, 0.1) is 11.4 Å². The van der Waals surface area contributed by atoms with E-state index in [2.05, 4.69) is 15.2 Å². The second-order valence-electron chi connectivity index (χ2n) is 3.68. The first-order chi connectivity index (χ1) is 8.15. The fourth-order valence-electron chi connectivity index (χ4n) is 1.23. The van der Waals surface area contributed by atoms with Crippen molar-refractivity contribution >= 4 is 23.4 Å². The standard InChI is InChI=1S/C12H12ClN3S/c1-8-9(2)15-16-12(14-8)17-7-10-3-5-11(13)6-4-10/h3-6H,7H2,1-2H3. The molecule has 0 saturated carbocycles. The highest BCUT2D eigenvalue weighted by Gasteiger charge is 2.02. The number of rotatable bonds is 3. The quantitative estimate of drug-likeness (QED) is 0.797. The summed E-state index contributed by atoms with van der Waals surface area (Å²) < 4.78 is 0. The Morgan fingerprint density at radius 1 is 1.06 bits per heavy atom. The van der Waals surface area contributed by atoms with Crippen molar-refractivity contribution in [2.75, 3.05) is 0 Å². The van der Waals surface area contributed by atoms with Crippen molar-refractivity contribution in [2.45, 2.75) is 24.8 Å². The van der Waals surface area contributed by atoms with E-state index in [9.17, 15) is 0 Å².